The van der Waals surface area contributed by atoms with Gasteiger partial charge in [-0.05, 0) is 59.2 Å². The van der Waals surface area contributed by atoms with E-state index in [1.54, 1.807) is 24.3 Å². The summed E-state index contributed by atoms with van der Waals surface area (Å²) in [6.45, 7) is 0.301. The molecular weight excluding hydrogens is 469 g/mol. The maximum absolute atomic E-state index is 13.5. The van der Waals surface area contributed by atoms with Crippen LogP contribution in [0.15, 0.2) is 71.1 Å². The first-order chi connectivity index (χ1) is 17.3. The fourth-order valence-corrected chi connectivity index (χ4v) is 4.47. The summed E-state index contributed by atoms with van der Waals surface area (Å²) < 4.78 is 46.4. The van der Waals surface area contributed by atoms with Crippen molar-refractivity contribution in [3.63, 3.8) is 0 Å². The third-order valence-electron chi connectivity index (χ3n) is 6.43. The number of furan rings is 1. The van der Waals surface area contributed by atoms with Gasteiger partial charge in [-0.15, -0.1) is 0 Å². The third-order valence-corrected chi connectivity index (χ3v) is 6.43. The number of hydrogen-bond donors (Lipinski definition) is 1. The summed E-state index contributed by atoms with van der Waals surface area (Å²) in [5.41, 5.74) is 4.27. The number of alkyl halides is 2. The molecule has 3 aromatic carbocycles. The van der Waals surface area contributed by atoms with Crippen LogP contribution in [0.4, 0.5) is 13.2 Å². The lowest BCUT2D eigenvalue weighted by Gasteiger charge is -2.31. The van der Waals surface area contributed by atoms with E-state index in [4.69, 9.17) is 4.42 Å². The monoisotopic (exact) mass is 492 g/mol. The van der Waals surface area contributed by atoms with Crippen LogP contribution in [0.25, 0.3) is 33.2 Å². The van der Waals surface area contributed by atoms with Crippen molar-refractivity contribution in [3.05, 3.63) is 83.9 Å². The van der Waals surface area contributed by atoms with E-state index in [1.165, 1.54) is 17.0 Å². The topological polar surface area (TPSA) is 62.6 Å². The van der Waals surface area contributed by atoms with Gasteiger partial charge in [0.1, 0.15) is 17.2 Å². The zero-order valence-electron chi connectivity index (χ0n) is 19.3. The van der Waals surface area contributed by atoms with Crippen LogP contribution in [-0.4, -0.2) is 36.2 Å². The second kappa shape index (κ2) is 9.53. The number of nitrogens with one attached hydrogen (secondary N) is 1. The molecule has 1 N–H and O–H groups in total. The molecule has 0 bridgehead atoms. The predicted molar refractivity (Wildman–Crippen MR) is 130 cm³/mol. The Morgan fingerprint density at radius 3 is 2.28 bits per heavy atom. The van der Waals surface area contributed by atoms with Crippen LogP contribution in [-0.2, 0) is 11.3 Å². The number of amides is 2. The molecule has 1 aromatic heterocycles. The van der Waals surface area contributed by atoms with Gasteiger partial charge in [0.15, 0.2) is 0 Å². The van der Waals surface area contributed by atoms with Crippen molar-refractivity contribution < 1.29 is 27.2 Å². The number of hydrogen-bond acceptors (Lipinski definition) is 3. The molecule has 1 aliphatic heterocycles. The molecule has 0 radical (unpaired) electrons. The van der Waals surface area contributed by atoms with Crippen molar-refractivity contribution in [2.24, 2.45) is 0 Å². The molecule has 0 spiro atoms. The molecule has 1 fully saturated rings. The highest BCUT2D eigenvalue weighted by Crippen LogP contribution is 2.36. The maximum atomic E-state index is 13.5. The van der Waals surface area contributed by atoms with Crippen LogP contribution in [0.3, 0.4) is 0 Å². The number of carbonyl (C=O) groups is 2. The molecule has 0 aliphatic carbocycles. The lowest BCUT2D eigenvalue weighted by atomic mass is 9.96. The van der Waals surface area contributed by atoms with Crippen molar-refractivity contribution in [1.82, 2.24) is 10.2 Å². The highest BCUT2D eigenvalue weighted by molar-refractivity contribution is 5.98. The van der Waals surface area contributed by atoms with Crippen molar-refractivity contribution in [3.8, 4) is 22.3 Å². The van der Waals surface area contributed by atoms with E-state index >= 15 is 0 Å². The number of benzene rings is 3. The first-order valence-corrected chi connectivity index (χ1v) is 11.6. The Morgan fingerprint density at radius 1 is 0.944 bits per heavy atom. The number of piperidine rings is 1. The first-order valence-electron chi connectivity index (χ1n) is 11.6. The fourth-order valence-electron chi connectivity index (χ4n) is 4.47. The van der Waals surface area contributed by atoms with E-state index in [9.17, 15) is 22.8 Å². The largest absolute Gasteiger partial charge is 0.459 e. The van der Waals surface area contributed by atoms with Gasteiger partial charge in [-0.2, -0.15) is 0 Å². The second-order valence-electron chi connectivity index (χ2n) is 8.89. The van der Waals surface area contributed by atoms with Gasteiger partial charge in [-0.1, -0.05) is 24.3 Å². The number of rotatable bonds is 6. The number of fused-ring (bicyclic) bond motifs is 1. The predicted octanol–water partition coefficient (Wildman–Crippen LogP) is 6.02. The second-order valence-corrected chi connectivity index (χ2v) is 8.89. The van der Waals surface area contributed by atoms with Crippen LogP contribution in [0, 0.1) is 5.82 Å². The smallest absolute Gasteiger partial charge is 0.253 e. The van der Waals surface area contributed by atoms with Gasteiger partial charge in [0.05, 0.1) is 6.54 Å². The van der Waals surface area contributed by atoms with Gasteiger partial charge >= 0.3 is 0 Å². The Bertz CT molecular complexity index is 1400. The molecule has 4 aromatic rings. The summed E-state index contributed by atoms with van der Waals surface area (Å²) in [5.74, 6) is -2.75. The lowest BCUT2D eigenvalue weighted by Crippen LogP contribution is -2.42. The van der Waals surface area contributed by atoms with E-state index in [2.05, 4.69) is 5.32 Å². The van der Waals surface area contributed by atoms with Crippen LogP contribution in [0.1, 0.15) is 29.0 Å². The normalized spacial score (nSPS) is 15.1. The van der Waals surface area contributed by atoms with Gasteiger partial charge in [0.25, 0.3) is 11.8 Å². The average molecular weight is 492 g/mol. The quantitative estimate of drug-likeness (QED) is 0.335. The Morgan fingerprint density at radius 2 is 1.61 bits per heavy atom. The van der Waals surface area contributed by atoms with E-state index in [0.29, 0.717) is 23.3 Å². The molecule has 5 nitrogen and oxygen atoms in total. The number of halogens is 3. The van der Waals surface area contributed by atoms with E-state index < -0.39 is 5.92 Å². The summed E-state index contributed by atoms with van der Waals surface area (Å²) in [6.07, 6.45) is -0.0477. The molecule has 8 heteroatoms. The first kappa shape index (κ1) is 23.7. The molecule has 2 heterocycles. The van der Waals surface area contributed by atoms with Crippen molar-refractivity contribution >= 4 is 23.3 Å². The van der Waals surface area contributed by atoms with Crippen LogP contribution in [0.5, 0.6) is 0 Å². The SMILES string of the molecule is O=CNCc1cc2cc(-c3ccc(C(=O)N4CCC(F)(F)CC4)cc3)cc(-c3ccc(F)cc3)c2o1. The molecule has 1 aliphatic rings. The molecular formula is C28H23F3N2O3. The minimum Gasteiger partial charge on any atom is -0.459 e. The molecule has 0 atom stereocenters. The van der Waals surface area contributed by atoms with Crippen LogP contribution in [0.2, 0.25) is 0 Å². The summed E-state index contributed by atoms with van der Waals surface area (Å²) in [4.78, 5) is 25.0. The minimum atomic E-state index is -2.71. The number of nitrogens with zero attached hydrogens (tertiary/aromatic N) is 1. The summed E-state index contributed by atoms with van der Waals surface area (Å²) in [6, 6.07) is 18.8. The van der Waals surface area contributed by atoms with Crippen LogP contribution < -0.4 is 5.32 Å². The summed E-state index contributed by atoms with van der Waals surface area (Å²) in [5, 5.41) is 3.39. The van der Waals surface area contributed by atoms with Gasteiger partial charge < -0.3 is 14.6 Å². The summed E-state index contributed by atoms with van der Waals surface area (Å²) >= 11 is 0. The fraction of sp³-hybridized carbons (Fsp3) is 0.214. The Hall–Kier alpha value is -4.07. The zero-order chi connectivity index (χ0) is 25.3. The minimum absolute atomic E-state index is 0.0348. The van der Waals surface area contributed by atoms with Gasteiger partial charge in [-0.25, -0.2) is 13.2 Å². The Kier molecular flexibility index (Phi) is 6.26. The van der Waals surface area contributed by atoms with Gasteiger partial charge in [0, 0.05) is 42.4 Å². The highest BCUT2D eigenvalue weighted by atomic mass is 19.3. The summed E-state index contributed by atoms with van der Waals surface area (Å²) in [7, 11) is 0. The van der Waals surface area contributed by atoms with E-state index in [-0.39, 0.29) is 44.2 Å². The number of carbonyl (C=O) groups excluding carboxylic acids is 2. The van der Waals surface area contributed by atoms with Gasteiger partial charge in [0.2, 0.25) is 6.41 Å². The highest BCUT2D eigenvalue weighted by Gasteiger charge is 2.35. The average Bonchev–Trinajstić information content (AvgIpc) is 3.30. The molecule has 0 unspecified atom stereocenters. The zero-order valence-corrected chi connectivity index (χ0v) is 19.3. The molecule has 2 amide bonds. The van der Waals surface area contributed by atoms with E-state index in [1.807, 2.05) is 30.3 Å². The molecule has 0 saturated carbocycles. The third kappa shape index (κ3) is 4.84. The molecule has 184 valence electrons. The lowest BCUT2D eigenvalue weighted by molar-refractivity contribution is -0.109. The molecule has 1 saturated heterocycles. The standard InChI is InChI=1S/C28H23F3N2O3/c29-23-7-5-19(6-8-23)25-15-21(13-22-14-24(16-32-17-34)36-26(22)25)18-1-3-20(4-2-18)27(35)33-11-9-28(30,31)10-12-33/h1-8,13-15,17H,9-12,16H2,(H,32,34). The van der Waals surface area contributed by atoms with Gasteiger partial charge in [-0.3, -0.25) is 9.59 Å². The maximum Gasteiger partial charge on any atom is 0.253 e. The van der Waals surface area contributed by atoms with Crippen molar-refractivity contribution in [2.75, 3.05) is 13.1 Å². The van der Waals surface area contributed by atoms with Crippen LogP contribution >= 0.6 is 0 Å². The van der Waals surface area contributed by atoms with E-state index in [0.717, 1.165) is 27.6 Å². The van der Waals surface area contributed by atoms with Crippen molar-refractivity contribution in [2.45, 2.75) is 25.3 Å². The Labute approximate surface area is 205 Å². The molecule has 36 heavy (non-hydrogen) atoms. The molecule has 5 rings (SSSR count). The Balaban J connectivity index is 1.48. The number of likely N-dealkylation sites (tertiary alicyclic amines) is 1. The van der Waals surface area contributed by atoms with Crippen molar-refractivity contribution in [1.29, 1.82) is 0 Å².